The number of hydrogen-bond donors (Lipinski definition) is 2. The summed E-state index contributed by atoms with van der Waals surface area (Å²) in [6.07, 6.45) is 1.26. The molecule has 0 radical (unpaired) electrons. The van der Waals surface area contributed by atoms with Crippen molar-refractivity contribution in [3.63, 3.8) is 0 Å². The predicted molar refractivity (Wildman–Crippen MR) is 34.3 cm³/mol. The van der Waals surface area contributed by atoms with Crippen LogP contribution in [0.2, 0.25) is 0 Å². The fourth-order valence-electron chi connectivity index (χ4n) is 0.569. The molecule has 5 N–H and O–H groups in total. The molecule has 0 fully saturated rings. The quantitative estimate of drug-likeness (QED) is 0.455. The minimum atomic E-state index is 0.789. The molecule has 0 rings (SSSR count). The van der Waals surface area contributed by atoms with E-state index in [1.807, 2.05) is 0 Å². The Labute approximate surface area is 51.5 Å². The van der Waals surface area contributed by atoms with E-state index in [2.05, 4.69) is 24.9 Å². The Kier molecular flexibility index (Phi) is 5.01. The highest BCUT2D eigenvalue weighted by Gasteiger charge is 1.97. The Balaban J connectivity index is 2.86. The zero-order valence-corrected chi connectivity index (χ0v) is 5.98. The van der Waals surface area contributed by atoms with Gasteiger partial charge < -0.3 is 11.1 Å². The van der Waals surface area contributed by atoms with Crippen molar-refractivity contribution in [1.29, 1.82) is 0 Å². The molecule has 0 aromatic heterocycles. The summed E-state index contributed by atoms with van der Waals surface area (Å²) < 4.78 is 0. The minimum absolute atomic E-state index is 0.789. The molecule has 0 amide bonds. The summed E-state index contributed by atoms with van der Waals surface area (Å²) in [6, 6.07) is 0.789. The van der Waals surface area contributed by atoms with Gasteiger partial charge in [-0.05, 0) is 13.3 Å². The van der Waals surface area contributed by atoms with E-state index < -0.39 is 0 Å². The van der Waals surface area contributed by atoms with Gasteiger partial charge in [0.1, 0.15) is 13.1 Å². The monoisotopic (exact) mass is 118 g/mol. The topological polar surface area (TPSA) is 44.2 Å². The van der Waals surface area contributed by atoms with Crippen LogP contribution in [0.25, 0.3) is 0 Å². The molecule has 0 heterocycles. The molecule has 8 heavy (non-hydrogen) atoms. The molecule has 0 aliphatic rings. The van der Waals surface area contributed by atoms with Gasteiger partial charge in [-0.25, -0.2) is 0 Å². The maximum absolute atomic E-state index is 3.76. The molecule has 0 aromatic carbocycles. The highest BCUT2D eigenvalue weighted by atomic mass is 14.9. The molecule has 0 aliphatic heterocycles. The molecule has 0 aliphatic carbocycles. The van der Waals surface area contributed by atoms with E-state index in [-0.39, 0.29) is 0 Å². The fraction of sp³-hybridized carbons (Fsp3) is 1.00. The largest absolute Gasteiger partial charge is 0.353 e. The molecule has 0 spiro atoms. The number of nitrogens with two attached hydrogens (primary N) is 1. The van der Waals surface area contributed by atoms with Gasteiger partial charge in [0.15, 0.2) is 0 Å². The lowest BCUT2D eigenvalue weighted by Crippen LogP contribution is -2.92. The summed E-state index contributed by atoms with van der Waals surface area (Å²) in [7, 11) is 0. The van der Waals surface area contributed by atoms with Crippen LogP contribution in [0.5, 0.6) is 0 Å². The van der Waals surface area contributed by atoms with Crippen LogP contribution in [-0.2, 0) is 0 Å². The van der Waals surface area contributed by atoms with Crippen molar-refractivity contribution < 1.29 is 11.1 Å². The summed E-state index contributed by atoms with van der Waals surface area (Å²) in [4.78, 5) is 0. The number of hydrogen-bond acceptors (Lipinski definition) is 0. The van der Waals surface area contributed by atoms with Crippen LogP contribution in [0.3, 0.4) is 0 Å². The maximum atomic E-state index is 3.76. The normalized spacial score (nSPS) is 13.9. The summed E-state index contributed by atoms with van der Waals surface area (Å²) in [5.41, 5.74) is 3.76. The Morgan fingerprint density at radius 2 is 2.25 bits per heavy atom. The number of rotatable bonds is 4. The van der Waals surface area contributed by atoms with E-state index in [0.717, 1.165) is 12.6 Å². The van der Waals surface area contributed by atoms with Gasteiger partial charge in [0.2, 0.25) is 0 Å². The predicted octanol–water partition coefficient (Wildman–Crippen LogP) is -1.41. The molecule has 1 atom stereocenters. The van der Waals surface area contributed by atoms with Gasteiger partial charge in [0.25, 0.3) is 0 Å². The summed E-state index contributed by atoms with van der Waals surface area (Å²) >= 11 is 0. The lowest BCUT2D eigenvalue weighted by molar-refractivity contribution is -0.699. The van der Waals surface area contributed by atoms with E-state index in [0.29, 0.717) is 0 Å². The standard InChI is InChI=1S/C6H16N2/c1-3-6(2)8-5-4-7/h6,8H,3-5,7H2,1-2H3/p+2/t6-/m1/s1. The van der Waals surface area contributed by atoms with Gasteiger partial charge >= 0.3 is 0 Å². The summed E-state index contributed by atoms with van der Waals surface area (Å²) in [5.74, 6) is 0. The minimum Gasteiger partial charge on any atom is -0.353 e. The van der Waals surface area contributed by atoms with Crippen molar-refractivity contribution in [2.45, 2.75) is 26.3 Å². The van der Waals surface area contributed by atoms with E-state index in [4.69, 9.17) is 0 Å². The lowest BCUT2D eigenvalue weighted by atomic mass is 10.3. The average molecular weight is 118 g/mol. The third-order valence-electron chi connectivity index (χ3n) is 1.42. The first-order valence-electron chi connectivity index (χ1n) is 3.43. The third kappa shape index (κ3) is 4.09. The molecule has 2 heteroatoms. The Bertz CT molecular complexity index is 45.8. The highest BCUT2D eigenvalue weighted by molar-refractivity contribution is 4.35. The van der Waals surface area contributed by atoms with Crippen LogP contribution < -0.4 is 11.1 Å². The van der Waals surface area contributed by atoms with Crippen LogP contribution in [0.1, 0.15) is 20.3 Å². The number of quaternary nitrogens is 2. The van der Waals surface area contributed by atoms with Crippen molar-refractivity contribution in [3.8, 4) is 0 Å². The second-order valence-electron chi connectivity index (χ2n) is 2.26. The lowest BCUT2D eigenvalue weighted by Gasteiger charge is -2.03. The Morgan fingerprint density at radius 3 is 2.62 bits per heavy atom. The molecular formula is C6H18N2+2. The Hall–Kier alpha value is -0.0800. The molecule has 0 bridgehead atoms. The van der Waals surface area contributed by atoms with Crippen molar-refractivity contribution in [2.24, 2.45) is 0 Å². The van der Waals surface area contributed by atoms with Gasteiger partial charge in [-0.1, -0.05) is 6.92 Å². The molecule has 50 valence electrons. The van der Waals surface area contributed by atoms with Crippen molar-refractivity contribution in [3.05, 3.63) is 0 Å². The van der Waals surface area contributed by atoms with Gasteiger partial charge in [-0.2, -0.15) is 0 Å². The third-order valence-corrected chi connectivity index (χ3v) is 1.42. The van der Waals surface area contributed by atoms with Crippen molar-refractivity contribution >= 4 is 0 Å². The van der Waals surface area contributed by atoms with Crippen molar-refractivity contribution in [1.82, 2.24) is 0 Å². The molecule has 2 nitrogen and oxygen atoms in total. The van der Waals surface area contributed by atoms with E-state index in [1.54, 1.807) is 0 Å². The first kappa shape index (κ1) is 7.92. The van der Waals surface area contributed by atoms with Crippen LogP contribution in [0.15, 0.2) is 0 Å². The van der Waals surface area contributed by atoms with Crippen molar-refractivity contribution in [2.75, 3.05) is 13.1 Å². The summed E-state index contributed by atoms with van der Waals surface area (Å²) in [5, 5.41) is 2.34. The van der Waals surface area contributed by atoms with E-state index in [1.165, 1.54) is 13.0 Å². The maximum Gasteiger partial charge on any atom is 0.125 e. The van der Waals surface area contributed by atoms with Crippen LogP contribution in [0.4, 0.5) is 0 Å². The Morgan fingerprint density at radius 1 is 1.62 bits per heavy atom. The van der Waals surface area contributed by atoms with Crippen LogP contribution >= 0.6 is 0 Å². The zero-order chi connectivity index (χ0) is 6.41. The van der Waals surface area contributed by atoms with Crippen LogP contribution in [0, 0.1) is 0 Å². The second-order valence-corrected chi connectivity index (χ2v) is 2.26. The first-order chi connectivity index (χ1) is 3.81. The van der Waals surface area contributed by atoms with Gasteiger partial charge in [0.05, 0.1) is 6.04 Å². The summed E-state index contributed by atoms with van der Waals surface area (Å²) in [6.45, 7) is 6.68. The molecular weight excluding hydrogens is 100 g/mol. The molecule has 0 saturated heterocycles. The highest BCUT2D eigenvalue weighted by Crippen LogP contribution is 1.76. The molecule has 0 unspecified atom stereocenters. The van der Waals surface area contributed by atoms with Crippen LogP contribution in [-0.4, -0.2) is 19.1 Å². The molecule has 0 aromatic rings. The smallest absolute Gasteiger partial charge is 0.125 e. The fourth-order valence-corrected chi connectivity index (χ4v) is 0.569. The average Bonchev–Trinajstić information content (AvgIpc) is 1.83. The van der Waals surface area contributed by atoms with Gasteiger partial charge in [-0.3, -0.25) is 0 Å². The zero-order valence-electron chi connectivity index (χ0n) is 5.98. The SMILES string of the molecule is CC[C@@H](C)[NH2+]CC[NH3+]. The van der Waals surface area contributed by atoms with E-state index >= 15 is 0 Å². The van der Waals surface area contributed by atoms with E-state index in [9.17, 15) is 0 Å². The van der Waals surface area contributed by atoms with Gasteiger partial charge in [-0.15, -0.1) is 0 Å². The van der Waals surface area contributed by atoms with Gasteiger partial charge in [0, 0.05) is 0 Å². The molecule has 0 saturated carbocycles. The first-order valence-corrected chi connectivity index (χ1v) is 3.43. The second kappa shape index (κ2) is 5.06.